The number of carbonyl (C=O) groups excluding carboxylic acids is 1. The number of furan rings is 1. The molecule has 3 rings (SSSR count). The molecule has 1 heterocycles. The first-order valence-corrected chi connectivity index (χ1v) is 8.04. The molecule has 124 valence electrons. The number of fused-ring (bicyclic) bond motifs is 1. The summed E-state index contributed by atoms with van der Waals surface area (Å²) >= 11 is 0. The second-order valence-corrected chi connectivity index (χ2v) is 5.87. The summed E-state index contributed by atoms with van der Waals surface area (Å²) in [5, 5.41) is 3.93. The van der Waals surface area contributed by atoms with Crippen LogP contribution in [-0.4, -0.2) is 13.0 Å². The molecule has 0 saturated carbocycles. The van der Waals surface area contributed by atoms with E-state index in [9.17, 15) is 4.79 Å². The first-order valence-electron chi connectivity index (χ1n) is 8.04. The molecule has 0 radical (unpaired) electrons. The number of benzene rings is 2. The normalized spacial score (nSPS) is 10.8. The molecule has 3 aromatic rings. The van der Waals surface area contributed by atoms with E-state index in [0.717, 1.165) is 28.5 Å². The van der Waals surface area contributed by atoms with Crippen LogP contribution in [0.2, 0.25) is 0 Å². The average molecular weight is 323 g/mol. The lowest BCUT2D eigenvalue weighted by molar-refractivity contribution is -0.115. The van der Waals surface area contributed by atoms with Crippen LogP contribution in [0.3, 0.4) is 0 Å². The smallest absolute Gasteiger partial charge is 0.229 e. The largest absolute Gasteiger partial charge is 0.495 e. The maximum absolute atomic E-state index is 12.4. The maximum Gasteiger partial charge on any atom is 0.229 e. The Balaban J connectivity index is 1.81. The maximum atomic E-state index is 12.4. The molecule has 1 amide bonds. The zero-order valence-electron chi connectivity index (χ0n) is 14.2. The number of carbonyl (C=O) groups is 1. The summed E-state index contributed by atoms with van der Waals surface area (Å²) in [7, 11) is 1.59. The third-order valence-corrected chi connectivity index (χ3v) is 4.11. The second-order valence-electron chi connectivity index (χ2n) is 5.87. The lowest BCUT2D eigenvalue weighted by atomic mass is 10.1. The van der Waals surface area contributed by atoms with Crippen LogP contribution in [0.5, 0.6) is 5.75 Å². The van der Waals surface area contributed by atoms with E-state index in [1.165, 1.54) is 5.56 Å². The minimum Gasteiger partial charge on any atom is -0.495 e. The summed E-state index contributed by atoms with van der Waals surface area (Å²) in [4.78, 5) is 12.4. The Morgan fingerprint density at radius 3 is 2.79 bits per heavy atom. The van der Waals surface area contributed by atoms with Crippen molar-refractivity contribution in [3.8, 4) is 5.75 Å². The fraction of sp³-hybridized carbons (Fsp3) is 0.250. The fourth-order valence-electron chi connectivity index (χ4n) is 2.77. The quantitative estimate of drug-likeness (QED) is 0.752. The molecule has 0 fully saturated rings. The molecule has 0 spiro atoms. The average Bonchev–Trinajstić information content (AvgIpc) is 2.97. The molecule has 0 atom stereocenters. The van der Waals surface area contributed by atoms with Gasteiger partial charge in [-0.3, -0.25) is 4.79 Å². The SMILES string of the molecule is CCc1ccc2occ(CC(=O)Nc3cc(C)ccc3OC)c2c1. The summed E-state index contributed by atoms with van der Waals surface area (Å²) in [5.41, 5.74) is 4.68. The molecule has 0 aliphatic heterocycles. The summed E-state index contributed by atoms with van der Waals surface area (Å²) in [6, 6.07) is 11.8. The lowest BCUT2D eigenvalue weighted by Gasteiger charge is -2.10. The summed E-state index contributed by atoms with van der Waals surface area (Å²) in [6.45, 7) is 4.09. The number of hydrogen-bond acceptors (Lipinski definition) is 3. The minimum atomic E-state index is -0.0940. The predicted octanol–water partition coefficient (Wildman–Crippen LogP) is 4.49. The monoisotopic (exact) mass is 323 g/mol. The van der Waals surface area contributed by atoms with Crippen molar-refractivity contribution in [3.63, 3.8) is 0 Å². The fourth-order valence-corrected chi connectivity index (χ4v) is 2.77. The highest BCUT2D eigenvalue weighted by atomic mass is 16.5. The van der Waals surface area contributed by atoms with Gasteiger partial charge in [0.25, 0.3) is 0 Å². The molecule has 4 heteroatoms. The Morgan fingerprint density at radius 1 is 1.21 bits per heavy atom. The summed E-state index contributed by atoms with van der Waals surface area (Å²) in [5.74, 6) is 0.558. The van der Waals surface area contributed by atoms with Gasteiger partial charge >= 0.3 is 0 Å². The van der Waals surface area contributed by atoms with Crippen LogP contribution in [0.15, 0.2) is 47.1 Å². The third kappa shape index (κ3) is 3.27. The van der Waals surface area contributed by atoms with Crippen LogP contribution in [0.25, 0.3) is 11.0 Å². The van der Waals surface area contributed by atoms with Crippen molar-refractivity contribution in [1.29, 1.82) is 0 Å². The van der Waals surface area contributed by atoms with Gasteiger partial charge in [-0.25, -0.2) is 0 Å². The Hall–Kier alpha value is -2.75. The number of hydrogen-bond donors (Lipinski definition) is 1. The van der Waals surface area contributed by atoms with E-state index in [2.05, 4.69) is 18.3 Å². The standard InChI is InChI=1S/C20H21NO3/c1-4-14-6-8-18-16(10-14)15(12-24-18)11-20(22)21-17-9-13(2)5-7-19(17)23-3/h5-10,12H,4,11H2,1-3H3,(H,21,22). The molecule has 0 aliphatic rings. The Labute approximate surface area is 141 Å². The van der Waals surface area contributed by atoms with E-state index in [1.807, 2.05) is 37.3 Å². The number of methoxy groups -OCH3 is 1. The zero-order valence-corrected chi connectivity index (χ0v) is 14.2. The first kappa shape index (κ1) is 16.1. The molecule has 0 aliphatic carbocycles. The Morgan fingerprint density at radius 2 is 2.04 bits per heavy atom. The number of nitrogens with one attached hydrogen (secondary N) is 1. The Bertz CT molecular complexity index is 880. The molecule has 2 aromatic carbocycles. The number of amides is 1. The summed E-state index contributed by atoms with van der Waals surface area (Å²) < 4.78 is 10.9. The van der Waals surface area contributed by atoms with Crippen molar-refractivity contribution in [3.05, 3.63) is 59.4 Å². The topological polar surface area (TPSA) is 51.5 Å². The van der Waals surface area contributed by atoms with Gasteiger partial charge in [0.2, 0.25) is 5.91 Å². The van der Waals surface area contributed by atoms with Crippen LogP contribution in [0, 0.1) is 6.92 Å². The van der Waals surface area contributed by atoms with Crippen LogP contribution in [0.1, 0.15) is 23.6 Å². The van der Waals surface area contributed by atoms with Gasteiger partial charge in [-0.1, -0.05) is 19.1 Å². The van der Waals surface area contributed by atoms with Gasteiger partial charge < -0.3 is 14.5 Å². The van der Waals surface area contributed by atoms with Gasteiger partial charge in [0.15, 0.2) is 0 Å². The van der Waals surface area contributed by atoms with E-state index in [0.29, 0.717) is 11.4 Å². The molecule has 1 aromatic heterocycles. The predicted molar refractivity (Wildman–Crippen MR) is 95.7 cm³/mol. The molecule has 1 N–H and O–H groups in total. The molecular formula is C20H21NO3. The molecule has 0 unspecified atom stereocenters. The first-order chi connectivity index (χ1) is 11.6. The van der Waals surface area contributed by atoms with Crippen molar-refractivity contribution < 1.29 is 13.9 Å². The van der Waals surface area contributed by atoms with Gasteiger partial charge in [0.1, 0.15) is 11.3 Å². The van der Waals surface area contributed by atoms with Crippen molar-refractivity contribution in [2.24, 2.45) is 0 Å². The van der Waals surface area contributed by atoms with Gasteiger partial charge in [-0.15, -0.1) is 0 Å². The van der Waals surface area contributed by atoms with Crippen LogP contribution < -0.4 is 10.1 Å². The number of aryl methyl sites for hydroxylation is 2. The van der Waals surface area contributed by atoms with Crippen LogP contribution in [0.4, 0.5) is 5.69 Å². The van der Waals surface area contributed by atoms with E-state index in [-0.39, 0.29) is 12.3 Å². The van der Waals surface area contributed by atoms with Crippen LogP contribution >= 0.6 is 0 Å². The van der Waals surface area contributed by atoms with Crippen molar-refractivity contribution in [2.45, 2.75) is 26.7 Å². The van der Waals surface area contributed by atoms with Crippen molar-refractivity contribution in [1.82, 2.24) is 0 Å². The molecule has 0 saturated heterocycles. The molecule has 0 bridgehead atoms. The van der Waals surface area contributed by atoms with Gasteiger partial charge in [-0.2, -0.15) is 0 Å². The highest BCUT2D eigenvalue weighted by Crippen LogP contribution is 2.27. The van der Waals surface area contributed by atoms with E-state index in [4.69, 9.17) is 9.15 Å². The van der Waals surface area contributed by atoms with Crippen LogP contribution in [-0.2, 0) is 17.6 Å². The van der Waals surface area contributed by atoms with Gasteiger partial charge in [0, 0.05) is 10.9 Å². The van der Waals surface area contributed by atoms with Crippen molar-refractivity contribution in [2.75, 3.05) is 12.4 Å². The highest BCUT2D eigenvalue weighted by Gasteiger charge is 2.13. The van der Waals surface area contributed by atoms with Gasteiger partial charge in [0.05, 0.1) is 25.5 Å². The van der Waals surface area contributed by atoms with E-state index < -0.39 is 0 Å². The number of rotatable bonds is 5. The molecule has 4 nitrogen and oxygen atoms in total. The highest BCUT2D eigenvalue weighted by molar-refractivity contribution is 5.96. The zero-order chi connectivity index (χ0) is 17.1. The minimum absolute atomic E-state index is 0.0940. The van der Waals surface area contributed by atoms with Crippen molar-refractivity contribution >= 4 is 22.6 Å². The van der Waals surface area contributed by atoms with E-state index >= 15 is 0 Å². The Kier molecular flexibility index (Phi) is 4.56. The molecule has 24 heavy (non-hydrogen) atoms. The van der Waals surface area contributed by atoms with Gasteiger partial charge in [-0.05, 0) is 48.7 Å². The molecular weight excluding hydrogens is 302 g/mol. The van der Waals surface area contributed by atoms with E-state index in [1.54, 1.807) is 13.4 Å². The second kappa shape index (κ2) is 6.79. The number of ether oxygens (including phenoxy) is 1. The lowest BCUT2D eigenvalue weighted by Crippen LogP contribution is -2.15. The third-order valence-electron chi connectivity index (χ3n) is 4.11. The number of anilines is 1. The summed E-state index contributed by atoms with van der Waals surface area (Å²) in [6.07, 6.45) is 2.88.